The number of rotatable bonds is 2. The van der Waals surface area contributed by atoms with E-state index >= 15 is 0 Å². The Morgan fingerprint density at radius 2 is 1.70 bits per heavy atom. The minimum atomic E-state index is -0.560. The van der Waals surface area contributed by atoms with Crippen LogP contribution in [0.1, 0.15) is 0 Å². The number of anilines is 2. The van der Waals surface area contributed by atoms with Crippen molar-refractivity contribution < 1.29 is 9.18 Å². The first kappa shape index (κ1) is 14.8. The zero-order chi connectivity index (χ0) is 16.6. The number of aryl methyl sites for hydroxylation is 2. The van der Waals surface area contributed by atoms with E-state index in [0.717, 1.165) is 5.52 Å². The quantitative estimate of drug-likeness (QED) is 0.763. The van der Waals surface area contributed by atoms with E-state index in [1.807, 2.05) is 0 Å². The predicted molar refractivity (Wildman–Crippen MR) is 87.2 cm³/mol. The Morgan fingerprint density at radius 3 is 2.43 bits per heavy atom. The Morgan fingerprint density at radius 1 is 1.00 bits per heavy atom. The molecule has 2 N–H and O–H groups in total. The summed E-state index contributed by atoms with van der Waals surface area (Å²) in [6, 6.07) is 10.5. The molecule has 0 fully saturated rings. The van der Waals surface area contributed by atoms with Crippen molar-refractivity contribution in [3.63, 3.8) is 0 Å². The summed E-state index contributed by atoms with van der Waals surface area (Å²) in [5.41, 5.74) is 1.91. The summed E-state index contributed by atoms with van der Waals surface area (Å²) >= 11 is 0. The van der Waals surface area contributed by atoms with Gasteiger partial charge in [-0.3, -0.25) is 9.13 Å². The number of nitrogens with zero attached hydrogens (tertiary/aromatic N) is 2. The average Bonchev–Trinajstić information content (AvgIpc) is 2.74. The maximum absolute atomic E-state index is 13.5. The normalized spacial score (nSPS) is 10.7. The summed E-state index contributed by atoms with van der Waals surface area (Å²) in [7, 11) is 3.34. The number of aromatic nitrogens is 2. The van der Waals surface area contributed by atoms with Gasteiger partial charge in [-0.15, -0.1) is 0 Å². The second-order valence-electron chi connectivity index (χ2n) is 5.16. The van der Waals surface area contributed by atoms with Crippen LogP contribution in [0.5, 0.6) is 0 Å². The lowest BCUT2D eigenvalue weighted by atomic mass is 10.2. The molecule has 0 bridgehead atoms. The number of hydrogen-bond donors (Lipinski definition) is 2. The molecule has 0 spiro atoms. The van der Waals surface area contributed by atoms with E-state index in [1.54, 1.807) is 44.4 Å². The lowest BCUT2D eigenvalue weighted by Gasteiger charge is -2.08. The molecule has 0 aliphatic rings. The highest BCUT2D eigenvalue weighted by molar-refractivity contribution is 6.00. The van der Waals surface area contributed by atoms with Gasteiger partial charge in [0, 0.05) is 19.8 Å². The molecule has 118 valence electrons. The fourth-order valence-electron chi connectivity index (χ4n) is 2.43. The molecule has 2 amide bonds. The predicted octanol–water partition coefficient (Wildman–Crippen LogP) is 2.66. The number of urea groups is 1. The van der Waals surface area contributed by atoms with Gasteiger partial charge in [0.15, 0.2) is 0 Å². The third-order valence-corrected chi connectivity index (χ3v) is 3.65. The minimum Gasteiger partial charge on any atom is -0.308 e. The number of amides is 2. The van der Waals surface area contributed by atoms with Crippen molar-refractivity contribution in [3.05, 3.63) is 58.8 Å². The zero-order valence-corrected chi connectivity index (χ0v) is 12.6. The molecule has 3 aromatic rings. The van der Waals surface area contributed by atoms with Crippen molar-refractivity contribution in [3.8, 4) is 0 Å². The topological polar surface area (TPSA) is 68.1 Å². The molecule has 2 aromatic carbocycles. The van der Waals surface area contributed by atoms with Gasteiger partial charge >= 0.3 is 11.7 Å². The summed E-state index contributed by atoms with van der Waals surface area (Å²) in [5.74, 6) is -0.511. The number of benzene rings is 2. The van der Waals surface area contributed by atoms with Crippen LogP contribution >= 0.6 is 0 Å². The molecule has 0 aliphatic carbocycles. The highest BCUT2D eigenvalue weighted by atomic mass is 19.1. The van der Waals surface area contributed by atoms with Gasteiger partial charge in [-0.25, -0.2) is 14.0 Å². The highest BCUT2D eigenvalue weighted by Crippen LogP contribution is 2.18. The van der Waals surface area contributed by atoms with Crippen LogP contribution in [0.3, 0.4) is 0 Å². The highest BCUT2D eigenvalue weighted by Gasteiger charge is 2.10. The standard InChI is InChI=1S/C16H15FN4O2/c1-20-13-8-7-10(9-14(13)21(2)16(20)23)18-15(22)19-12-6-4-3-5-11(12)17/h3-9H,1-2H3,(H2,18,19,22). The molecule has 6 nitrogen and oxygen atoms in total. The Bertz CT molecular complexity index is 958. The van der Waals surface area contributed by atoms with Crippen LogP contribution in [0.4, 0.5) is 20.6 Å². The molecule has 1 heterocycles. The van der Waals surface area contributed by atoms with E-state index in [-0.39, 0.29) is 11.4 Å². The number of fused-ring (bicyclic) bond motifs is 1. The van der Waals surface area contributed by atoms with Crippen LogP contribution < -0.4 is 16.3 Å². The van der Waals surface area contributed by atoms with Gasteiger partial charge in [0.2, 0.25) is 0 Å². The van der Waals surface area contributed by atoms with E-state index in [1.165, 1.54) is 21.3 Å². The first-order valence-corrected chi connectivity index (χ1v) is 6.95. The Balaban J connectivity index is 1.84. The molecule has 23 heavy (non-hydrogen) atoms. The van der Waals surface area contributed by atoms with Crippen LogP contribution in [-0.4, -0.2) is 15.2 Å². The second kappa shape index (κ2) is 5.60. The lowest BCUT2D eigenvalue weighted by molar-refractivity contribution is 0.262. The van der Waals surface area contributed by atoms with Crippen molar-refractivity contribution in [1.29, 1.82) is 0 Å². The molecule has 0 radical (unpaired) electrons. The number of halogens is 1. The number of para-hydroxylation sites is 1. The van der Waals surface area contributed by atoms with E-state index in [2.05, 4.69) is 10.6 Å². The van der Waals surface area contributed by atoms with Gasteiger partial charge < -0.3 is 10.6 Å². The van der Waals surface area contributed by atoms with Crippen LogP contribution in [0.15, 0.2) is 47.3 Å². The summed E-state index contributed by atoms with van der Waals surface area (Å²) in [6.07, 6.45) is 0. The minimum absolute atomic E-state index is 0.0955. The van der Waals surface area contributed by atoms with Crippen LogP contribution in [0.2, 0.25) is 0 Å². The Kier molecular flexibility index (Phi) is 3.61. The van der Waals surface area contributed by atoms with E-state index < -0.39 is 11.8 Å². The largest absolute Gasteiger partial charge is 0.328 e. The zero-order valence-electron chi connectivity index (χ0n) is 12.6. The molecule has 0 saturated heterocycles. The van der Waals surface area contributed by atoms with Gasteiger partial charge in [-0.2, -0.15) is 0 Å². The van der Waals surface area contributed by atoms with Gasteiger partial charge in [0.1, 0.15) is 5.82 Å². The van der Waals surface area contributed by atoms with Gasteiger partial charge in [-0.05, 0) is 30.3 Å². The molecule has 3 rings (SSSR count). The molecule has 7 heteroatoms. The van der Waals surface area contributed by atoms with Gasteiger partial charge in [0.05, 0.1) is 16.7 Å². The smallest absolute Gasteiger partial charge is 0.308 e. The molecular formula is C16H15FN4O2. The molecule has 0 unspecified atom stereocenters. The molecule has 0 atom stereocenters. The second-order valence-corrected chi connectivity index (χ2v) is 5.16. The number of nitrogens with one attached hydrogen (secondary N) is 2. The maximum atomic E-state index is 13.5. The summed E-state index contributed by atoms with van der Waals surface area (Å²) in [4.78, 5) is 23.8. The van der Waals surface area contributed by atoms with Gasteiger partial charge in [-0.1, -0.05) is 12.1 Å². The molecule has 1 aromatic heterocycles. The molecular weight excluding hydrogens is 299 g/mol. The third kappa shape index (κ3) is 2.68. The first-order chi connectivity index (χ1) is 11.0. The number of hydrogen-bond acceptors (Lipinski definition) is 2. The summed E-state index contributed by atoms with van der Waals surface area (Å²) in [5, 5.41) is 5.06. The lowest BCUT2D eigenvalue weighted by Crippen LogP contribution is -2.20. The van der Waals surface area contributed by atoms with Crippen molar-refractivity contribution in [2.45, 2.75) is 0 Å². The molecule has 0 saturated carbocycles. The Labute approximate surface area is 131 Å². The van der Waals surface area contributed by atoms with Crippen LogP contribution in [-0.2, 0) is 14.1 Å². The fourth-order valence-corrected chi connectivity index (χ4v) is 2.43. The number of carbonyl (C=O) groups excluding carboxylic acids is 1. The summed E-state index contributed by atoms with van der Waals surface area (Å²) in [6.45, 7) is 0. The monoisotopic (exact) mass is 314 g/mol. The van der Waals surface area contributed by atoms with E-state index in [9.17, 15) is 14.0 Å². The maximum Gasteiger partial charge on any atom is 0.328 e. The molecule has 0 aliphatic heterocycles. The SMILES string of the molecule is Cn1c(=O)n(C)c2cc(NC(=O)Nc3ccccc3F)ccc21. The number of carbonyl (C=O) groups is 1. The van der Waals surface area contributed by atoms with E-state index in [4.69, 9.17) is 0 Å². The fraction of sp³-hybridized carbons (Fsp3) is 0.125. The number of imidazole rings is 1. The average molecular weight is 314 g/mol. The van der Waals surface area contributed by atoms with Crippen LogP contribution in [0.25, 0.3) is 11.0 Å². The Hall–Kier alpha value is -3.09. The summed E-state index contributed by atoms with van der Waals surface area (Å²) < 4.78 is 16.5. The van der Waals surface area contributed by atoms with E-state index in [0.29, 0.717) is 11.2 Å². The van der Waals surface area contributed by atoms with Crippen molar-refractivity contribution in [2.75, 3.05) is 10.6 Å². The van der Waals surface area contributed by atoms with Crippen LogP contribution in [0, 0.1) is 5.82 Å². The van der Waals surface area contributed by atoms with Crippen molar-refractivity contribution in [1.82, 2.24) is 9.13 Å². The first-order valence-electron chi connectivity index (χ1n) is 6.95. The third-order valence-electron chi connectivity index (χ3n) is 3.65. The van der Waals surface area contributed by atoms with Gasteiger partial charge in [0.25, 0.3) is 0 Å². The van der Waals surface area contributed by atoms with Crippen molar-refractivity contribution in [2.24, 2.45) is 14.1 Å². The van der Waals surface area contributed by atoms with Crippen molar-refractivity contribution >= 4 is 28.4 Å².